The molecule has 2 heterocycles. The monoisotopic (exact) mass is 412 g/mol. The van der Waals surface area contributed by atoms with Gasteiger partial charge in [-0.05, 0) is 34.9 Å². The van der Waals surface area contributed by atoms with Gasteiger partial charge in [0, 0.05) is 12.6 Å². The lowest BCUT2D eigenvalue weighted by Gasteiger charge is -2.37. The standard InChI is InChI=1S/C17H21IN2O2/c1-16(2,3)14-19(5)15(21)17(4)13(18)12(22-20(14)17)11-9-7-6-8-10-11/h6-10,14H,1-5H3/t14-,17-/m0/s1. The van der Waals surface area contributed by atoms with Gasteiger partial charge in [-0.1, -0.05) is 51.1 Å². The van der Waals surface area contributed by atoms with Gasteiger partial charge in [0.2, 0.25) is 0 Å². The summed E-state index contributed by atoms with van der Waals surface area (Å²) in [5, 5.41) is 1.87. The van der Waals surface area contributed by atoms with Gasteiger partial charge in [-0.3, -0.25) is 4.79 Å². The minimum absolute atomic E-state index is 0.0859. The zero-order valence-electron chi connectivity index (χ0n) is 13.6. The lowest BCUT2D eigenvalue weighted by Crippen LogP contribution is -2.49. The Morgan fingerprint density at radius 1 is 1.23 bits per heavy atom. The predicted molar refractivity (Wildman–Crippen MR) is 94.7 cm³/mol. The van der Waals surface area contributed by atoms with Gasteiger partial charge in [0.1, 0.15) is 6.17 Å². The van der Waals surface area contributed by atoms with Gasteiger partial charge < -0.3 is 9.74 Å². The molecule has 1 saturated heterocycles. The minimum Gasteiger partial charge on any atom is -0.401 e. The lowest BCUT2D eigenvalue weighted by molar-refractivity contribution is -0.171. The molecular weight excluding hydrogens is 391 g/mol. The van der Waals surface area contributed by atoms with E-state index in [1.54, 1.807) is 4.90 Å². The molecule has 2 aliphatic heterocycles. The highest BCUT2D eigenvalue weighted by atomic mass is 127. The van der Waals surface area contributed by atoms with Crippen LogP contribution in [0.1, 0.15) is 33.3 Å². The van der Waals surface area contributed by atoms with Crippen molar-refractivity contribution < 1.29 is 9.63 Å². The summed E-state index contributed by atoms with van der Waals surface area (Å²) in [6, 6.07) is 9.97. The van der Waals surface area contributed by atoms with Gasteiger partial charge in [-0.25, -0.2) is 0 Å². The SMILES string of the molecule is CN1C(=O)[C@]2(C)C(I)=C(c3ccccc3)ON2[C@H]1C(C)(C)C. The van der Waals surface area contributed by atoms with E-state index in [4.69, 9.17) is 4.84 Å². The zero-order chi connectivity index (χ0) is 16.3. The second kappa shape index (κ2) is 4.96. The van der Waals surface area contributed by atoms with E-state index in [1.807, 2.05) is 49.4 Å². The summed E-state index contributed by atoms with van der Waals surface area (Å²) in [4.78, 5) is 20.9. The molecule has 0 spiro atoms. The number of halogens is 1. The third kappa shape index (κ3) is 2.01. The van der Waals surface area contributed by atoms with Gasteiger partial charge in [0.25, 0.3) is 5.91 Å². The third-order valence-corrected chi connectivity index (χ3v) is 5.93. The summed E-state index contributed by atoms with van der Waals surface area (Å²) in [5.74, 6) is 0.877. The van der Waals surface area contributed by atoms with Crippen LogP contribution < -0.4 is 0 Å². The Morgan fingerprint density at radius 3 is 2.36 bits per heavy atom. The summed E-state index contributed by atoms with van der Waals surface area (Å²) in [7, 11) is 1.86. The van der Waals surface area contributed by atoms with Crippen molar-refractivity contribution in [2.24, 2.45) is 5.41 Å². The van der Waals surface area contributed by atoms with Gasteiger partial charge in [0.15, 0.2) is 11.3 Å². The van der Waals surface area contributed by atoms with Crippen LogP contribution in [0.4, 0.5) is 0 Å². The number of hydrogen-bond donors (Lipinski definition) is 0. The molecule has 0 unspecified atom stereocenters. The molecule has 1 fully saturated rings. The fourth-order valence-electron chi connectivity index (χ4n) is 3.34. The van der Waals surface area contributed by atoms with E-state index in [-0.39, 0.29) is 17.5 Å². The van der Waals surface area contributed by atoms with E-state index in [9.17, 15) is 4.79 Å². The first kappa shape index (κ1) is 15.8. The molecule has 1 aromatic carbocycles. The minimum atomic E-state index is -0.738. The highest BCUT2D eigenvalue weighted by Gasteiger charge is 2.64. The van der Waals surface area contributed by atoms with Crippen molar-refractivity contribution in [2.75, 3.05) is 7.05 Å². The number of nitrogens with zero attached hydrogens (tertiary/aromatic N) is 2. The molecule has 22 heavy (non-hydrogen) atoms. The Hall–Kier alpha value is -1.08. The van der Waals surface area contributed by atoms with Crippen molar-refractivity contribution in [1.82, 2.24) is 9.96 Å². The maximum atomic E-state index is 12.9. The number of amides is 1. The highest BCUT2D eigenvalue weighted by Crippen LogP contribution is 2.52. The van der Waals surface area contributed by atoms with Crippen LogP contribution >= 0.6 is 22.6 Å². The second-order valence-corrected chi connectivity index (χ2v) is 8.23. The molecule has 118 valence electrons. The molecule has 5 heteroatoms. The summed E-state index contributed by atoms with van der Waals surface area (Å²) in [6.45, 7) is 8.34. The first-order chi connectivity index (χ1) is 10.2. The lowest BCUT2D eigenvalue weighted by atomic mass is 9.91. The number of rotatable bonds is 1. The summed E-state index contributed by atoms with van der Waals surface area (Å²) < 4.78 is 0.944. The van der Waals surface area contributed by atoms with Crippen LogP contribution in [0.5, 0.6) is 0 Å². The van der Waals surface area contributed by atoms with Gasteiger partial charge in [0.05, 0.1) is 3.58 Å². The van der Waals surface area contributed by atoms with Crippen LogP contribution in [0.25, 0.3) is 5.76 Å². The average molecular weight is 412 g/mol. The molecular formula is C17H21IN2O2. The normalized spacial score (nSPS) is 29.1. The summed E-state index contributed by atoms with van der Waals surface area (Å²) >= 11 is 2.26. The number of carbonyl (C=O) groups excluding carboxylic acids is 1. The average Bonchev–Trinajstić information content (AvgIpc) is 2.82. The quantitative estimate of drug-likeness (QED) is 0.661. The smallest absolute Gasteiger partial charge is 0.252 e. The van der Waals surface area contributed by atoms with E-state index < -0.39 is 5.54 Å². The third-order valence-electron chi connectivity index (χ3n) is 4.39. The van der Waals surface area contributed by atoms with Crippen molar-refractivity contribution in [3.8, 4) is 0 Å². The highest BCUT2D eigenvalue weighted by molar-refractivity contribution is 14.1. The van der Waals surface area contributed by atoms with Crippen LogP contribution in [0.2, 0.25) is 0 Å². The number of carbonyl (C=O) groups is 1. The maximum Gasteiger partial charge on any atom is 0.252 e. The Kier molecular flexibility index (Phi) is 3.56. The second-order valence-electron chi connectivity index (χ2n) is 7.15. The van der Waals surface area contributed by atoms with E-state index in [0.29, 0.717) is 0 Å². The molecule has 0 aromatic heterocycles. The first-order valence-electron chi connectivity index (χ1n) is 7.39. The van der Waals surface area contributed by atoms with Crippen LogP contribution in [0, 0.1) is 5.41 Å². The predicted octanol–water partition coefficient (Wildman–Crippen LogP) is 3.64. The van der Waals surface area contributed by atoms with Crippen molar-refractivity contribution in [3.05, 3.63) is 39.5 Å². The molecule has 0 saturated carbocycles. The molecule has 0 aliphatic carbocycles. The van der Waals surface area contributed by atoms with Gasteiger partial charge in [-0.2, -0.15) is 0 Å². The van der Waals surface area contributed by atoms with Crippen molar-refractivity contribution in [1.29, 1.82) is 0 Å². The van der Waals surface area contributed by atoms with E-state index in [0.717, 1.165) is 14.9 Å². The molecule has 4 nitrogen and oxygen atoms in total. The molecule has 1 aromatic rings. The molecule has 2 atom stereocenters. The number of benzene rings is 1. The Morgan fingerprint density at radius 2 is 1.82 bits per heavy atom. The number of likely N-dealkylation sites (N-methyl/N-ethyl adjacent to an activating group) is 1. The van der Waals surface area contributed by atoms with Crippen molar-refractivity contribution in [2.45, 2.75) is 39.4 Å². The number of hydrogen-bond acceptors (Lipinski definition) is 3. The van der Waals surface area contributed by atoms with Crippen LogP contribution in [0.15, 0.2) is 33.9 Å². The van der Waals surface area contributed by atoms with Crippen molar-refractivity contribution in [3.63, 3.8) is 0 Å². The van der Waals surface area contributed by atoms with Crippen molar-refractivity contribution >= 4 is 34.3 Å². The molecule has 1 amide bonds. The zero-order valence-corrected chi connectivity index (χ0v) is 15.7. The molecule has 0 bridgehead atoms. The molecule has 0 N–H and O–H groups in total. The first-order valence-corrected chi connectivity index (χ1v) is 8.47. The Bertz CT molecular complexity index is 650. The molecule has 0 radical (unpaired) electrons. The van der Waals surface area contributed by atoms with E-state index >= 15 is 0 Å². The number of hydroxylamine groups is 2. The number of fused-ring (bicyclic) bond motifs is 1. The van der Waals surface area contributed by atoms with Gasteiger partial charge >= 0.3 is 0 Å². The van der Waals surface area contributed by atoms with E-state index in [2.05, 4.69) is 43.4 Å². The van der Waals surface area contributed by atoms with Crippen LogP contribution in [0.3, 0.4) is 0 Å². The topological polar surface area (TPSA) is 32.8 Å². The molecule has 2 aliphatic rings. The fraction of sp³-hybridized carbons (Fsp3) is 0.471. The van der Waals surface area contributed by atoms with Gasteiger partial charge in [-0.15, -0.1) is 5.06 Å². The van der Waals surface area contributed by atoms with Crippen LogP contribution in [-0.2, 0) is 9.63 Å². The maximum absolute atomic E-state index is 12.9. The Balaban J connectivity index is 2.10. The van der Waals surface area contributed by atoms with E-state index in [1.165, 1.54) is 0 Å². The fourth-order valence-corrected chi connectivity index (χ4v) is 4.22. The summed E-state index contributed by atoms with van der Waals surface area (Å²) in [6.07, 6.45) is -0.101. The Labute approximate surface area is 145 Å². The largest absolute Gasteiger partial charge is 0.401 e. The van der Waals surface area contributed by atoms with Crippen LogP contribution in [-0.4, -0.2) is 34.6 Å². The summed E-state index contributed by atoms with van der Waals surface area (Å²) in [5.41, 5.74) is 0.162. The molecule has 3 rings (SSSR count).